The summed E-state index contributed by atoms with van der Waals surface area (Å²) in [7, 11) is 0. The number of nitrogens with one attached hydrogen (secondary N) is 1. The van der Waals surface area contributed by atoms with Gasteiger partial charge in [-0.05, 0) is 24.4 Å². The van der Waals surface area contributed by atoms with Crippen molar-refractivity contribution in [3.8, 4) is 0 Å². The van der Waals surface area contributed by atoms with Crippen LogP contribution in [0.2, 0.25) is 0 Å². The summed E-state index contributed by atoms with van der Waals surface area (Å²) < 4.78 is 2.08. The van der Waals surface area contributed by atoms with E-state index in [1.165, 1.54) is 4.70 Å². The minimum atomic E-state index is 0. The van der Waals surface area contributed by atoms with Crippen LogP contribution in [0.15, 0.2) is 24.3 Å². The monoisotopic (exact) mass is 367 g/mol. The standard InChI is InChI=1S/C7H5NS2.BrH.Sn/c9-7-8-5-3-1-2-4-6(5)10-7;;/h1-4H,(H,8,9);1H;. The molecule has 2 rings (SSSR count). The van der Waals surface area contributed by atoms with Gasteiger partial charge in [0.1, 0.15) is 0 Å². The number of hydrogen-bond donors (Lipinski definition) is 1. The van der Waals surface area contributed by atoms with E-state index in [1.54, 1.807) is 11.3 Å². The molecule has 0 aliphatic rings. The van der Waals surface area contributed by atoms with E-state index in [4.69, 9.17) is 12.2 Å². The second kappa shape index (κ2) is 5.36. The maximum absolute atomic E-state index is 4.98. The molecule has 0 fully saturated rings. The normalized spacial score (nSPS) is 8.67. The number of rotatable bonds is 0. The van der Waals surface area contributed by atoms with Gasteiger partial charge in [-0.1, -0.05) is 12.1 Å². The van der Waals surface area contributed by atoms with E-state index in [9.17, 15) is 0 Å². The SMILES string of the molecule is Br.S=c1[nH]c2ccccc2s1.[Sn]. The van der Waals surface area contributed by atoms with Crippen LogP contribution in [0.3, 0.4) is 0 Å². The average Bonchev–Trinajstić information content (AvgIpc) is 2.27. The van der Waals surface area contributed by atoms with Gasteiger partial charge >= 0.3 is 0 Å². The van der Waals surface area contributed by atoms with Gasteiger partial charge in [0, 0.05) is 23.9 Å². The van der Waals surface area contributed by atoms with Crippen LogP contribution in [0.1, 0.15) is 0 Å². The molecule has 1 aromatic heterocycles. The maximum atomic E-state index is 4.98. The van der Waals surface area contributed by atoms with Gasteiger partial charge in [-0.15, -0.1) is 28.3 Å². The number of aromatic amines is 1. The van der Waals surface area contributed by atoms with Gasteiger partial charge in [-0.25, -0.2) is 0 Å². The molecule has 0 aliphatic carbocycles. The smallest absolute Gasteiger partial charge is 0.159 e. The number of benzene rings is 1. The predicted molar refractivity (Wildman–Crippen MR) is 63.1 cm³/mol. The molecule has 5 heteroatoms. The van der Waals surface area contributed by atoms with Gasteiger partial charge in [-0.2, -0.15) is 0 Å². The second-order valence-electron chi connectivity index (χ2n) is 2.01. The third kappa shape index (κ3) is 2.55. The van der Waals surface area contributed by atoms with E-state index < -0.39 is 0 Å². The van der Waals surface area contributed by atoms with Crippen molar-refractivity contribution in [2.75, 3.05) is 0 Å². The number of hydrogen-bond acceptors (Lipinski definition) is 2. The maximum Gasteiger partial charge on any atom is 0.159 e. The molecule has 0 amide bonds. The summed E-state index contributed by atoms with van der Waals surface area (Å²) in [6.07, 6.45) is 0. The molecule has 0 bridgehead atoms. The molecule has 0 saturated heterocycles. The topological polar surface area (TPSA) is 15.8 Å². The van der Waals surface area contributed by atoms with Gasteiger partial charge in [-0.3, -0.25) is 0 Å². The van der Waals surface area contributed by atoms with Crippen molar-refractivity contribution < 1.29 is 0 Å². The predicted octanol–water partition coefficient (Wildman–Crippen LogP) is 3.16. The van der Waals surface area contributed by atoms with Crippen LogP contribution < -0.4 is 0 Å². The van der Waals surface area contributed by atoms with Crippen molar-refractivity contribution >= 4 is 74.7 Å². The fourth-order valence-corrected chi connectivity index (χ4v) is 2.01. The summed E-state index contributed by atoms with van der Waals surface area (Å²) >= 11 is 6.59. The Bertz CT molecular complexity index is 373. The summed E-state index contributed by atoms with van der Waals surface area (Å²) in [6, 6.07) is 8.11. The van der Waals surface area contributed by atoms with E-state index in [-0.39, 0.29) is 40.9 Å². The van der Waals surface area contributed by atoms with E-state index in [0.29, 0.717) is 0 Å². The summed E-state index contributed by atoms with van der Waals surface area (Å²) in [6.45, 7) is 0. The van der Waals surface area contributed by atoms with Crippen LogP contribution in [0.4, 0.5) is 0 Å². The van der Waals surface area contributed by atoms with Crippen LogP contribution in [0.25, 0.3) is 10.2 Å². The molecule has 1 nitrogen and oxygen atoms in total. The molecule has 0 unspecified atom stereocenters. The molecular weight excluding hydrogens is 361 g/mol. The molecule has 0 atom stereocenters. The number of aromatic nitrogens is 1. The number of halogens is 1. The summed E-state index contributed by atoms with van der Waals surface area (Å²) in [5.41, 5.74) is 1.14. The van der Waals surface area contributed by atoms with Crippen molar-refractivity contribution in [3.05, 3.63) is 28.2 Å². The Morgan fingerprint density at radius 2 is 1.92 bits per heavy atom. The van der Waals surface area contributed by atoms with Crippen molar-refractivity contribution in [1.29, 1.82) is 0 Å². The molecule has 1 aromatic carbocycles. The van der Waals surface area contributed by atoms with E-state index in [0.717, 1.165) is 9.47 Å². The first kappa shape index (κ1) is 12.6. The number of thiazole rings is 1. The second-order valence-corrected chi connectivity index (χ2v) is 3.73. The molecule has 4 radical (unpaired) electrons. The minimum absolute atomic E-state index is 0. The Morgan fingerprint density at radius 3 is 2.58 bits per heavy atom. The summed E-state index contributed by atoms with van der Waals surface area (Å²) in [5, 5.41) is 0. The quantitative estimate of drug-likeness (QED) is 0.559. The first-order valence-corrected chi connectivity index (χ1v) is 4.16. The fourth-order valence-electron chi connectivity index (χ4n) is 0.894. The third-order valence-electron chi connectivity index (χ3n) is 1.33. The fraction of sp³-hybridized carbons (Fsp3) is 0. The van der Waals surface area contributed by atoms with E-state index in [2.05, 4.69) is 11.1 Å². The number of fused-ring (bicyclic) bond motifs is 1. The Kier molecular flexibility index (Phi) is 5.63. The van der Waals surface area contributed by atoms with Crippen LogP contribution >= 0.6 is 40.5 Å². The minimum Gasteiger partial charge on any atom is -0.337 e. The van der Waals surface area contributed by atoms with Crippen LogP contribution in [-0.2, 0) is 0 Å². The molecule has 2 aromatic rings. The molecule has 62 valence electrons. The van der Waals surface area contributed by atoms with E-state index in [1.807, 2.05) is 18.2 Å². The van der Waals surface area contributed by atoms with Gasteiger partial charge in [0.05, 0.1) is 10.2 Å². The Labute approximate surface area is 107 Å². The largest absolute Gasteiger partial charge is 0.337 e. The van der Waals surface area contributed by atoms with Gasteiger partial charge < -0.3 is 4.98 Å². The Morgan fingerprint density at radius 1 is 1.25 bits per heavy atom. The zero-order valence-electron chi connectivity index (χ0n) is 6.03. The summed E-state index contributed by atoms with van der Waals surface area (Å²) in [5.74, 6) is 0. The first-order chi connectivity index (χ1) is 4.86. The van der Waals surface area contributed by atoms with Crippen molar-refractivity contribution in [1.82, 2.24) is 4.98 Å². The zero-order chi connectivity index (χ0) is 6.97. The molecule has 1 heterocycles. The van der Waals surface area contributed by atoms with Crippen LogP contribution in [-0.4, -0.2) is 28.9 Å². The van der Waals surface area contributed by atoms with Crippen molar-refractivity contribution in [2.24, 2.45) is 0 Å². The van der Waals surface area contributed by atoms with E-state index >= 15 is 0 Å². The molecule has 0 aliphatic heterocycles. The number of para-hydroxylation sites is 1. The Balaban J connectivity index is 0.000000605. The van der Waals surface area contributed by atoms with Gasteiger partial charge in [0.25, 0.3) is 0 Å². The molecular formula is C7H6BrNS2Sn. The first-order valence-electron chi connectivity index (χ1n) is 2.94. The average molecular weight is 367 g/mol. The van der Waals surface area contributed by atoms with Gasteiger partial charge in [0.2, 0.25) is 0 Å². The zero-order valence-corrected chi connectivity index (χ0v) is 12.2. The number of H-pyrrole nitrogens is 1. The Hall–Kier alpha value is 0.609. The van der Waals surface area contributed by atoms with Crippen molar-refractivity contribution in [3.63, 3.8) is 0 Å². The molecule has 1 N–H and O–H groups in total. The van der Waals surface area contributed by atoms with Gasteiger partial charge in [0.15, 0.2) is 3.95 Å². The van der Waals surface area contributed by atoms with Crippen LogP contribution in [0, 0.1) is 3.95 Å². The third-order valence-corrected chi connectivity index (χ3v) is 2.54. The summed E-state index contributed by atoms with van der Waals surface area (Å²) in [4.78, 5) is 3.09. The molecule has 12 heavy (non-hydrogen) atoms. The van der Waals surface area contributed by atoms with Crippen molar-refractivity contribution in [2.45, 2.75) is 0 Å². The molecule has 0 saturated carbocycles. The molecule has 0 spiro atoms. The van der Waals surface area contributed by atoms with Crippen LogP contribution in [0.5, 0.6) is 0 Å².